The molecule has 0 aliphatic heterocycles. The SMILES string of the molecule is c1cc2c(ccc3cc[nH]c4ncc2c34)[nH]1. The lowest BCUT2D eigenvalue weighted by Crippen LogP contribution is -1.73. The van der Waals surface area contributed by atoms with Gasteiger partial charge in [0.05, 0.1) is 0 Å². The second-order valence-corrected chi connectivity index (χ2v) is 3.97. The van der Waals surface area contributed by atoms with E-state index in [9.17, 15) is 0 Å². The first-order valence-corrected chi connectivity index (χ1v) is 5.25. The Kier molecular flexibility index (Phi) is 1.31. The summed E-state index contributed by atoms with van der Waals surface area (Å²) in [4.78, 5) is 10.8. The van der Waals surface area contributed by atoms with Gasteiger partial charge in [-0.3, -0.25) is 0 Å². The third-order valence-electron chi connectivity index (χ3n) is 3.10. The van der Waals surface area contributed by atoms with Gasteiger partial charge in [-0.15, -0.1) is 0 Å². The van der Waals surface area contributed by atoms with Crippen LogP contribution in [0.15, 0.2) is 42.9 Å². The van der Waals surface area contributed by atoms with Gasteiger partial charge in [-0.05, 0) is 23.6 Å². The van der Waals surface area contributed by atoms with Crippen LogP contribution in [-0.4, -0.2) is 15.0 Å². The van der Waals surface area contributed by atoms with Crippen molar-refractivity contribution >= 4 is 32.7 Å². The average Bonchev–Trinajstić information content (AvgIpc) is 2.88. The fraction of sp³-hybridized carbons (Fsp3) is 0. The van der Waals surface area contributed by atoms with E-state index in [1.165, 1.54) is 21.5 Å². The summed E-state index contributed by atoms with van der Waals surface area (Å²) in [6.07, 6.45) is 5.83. The van der Waals surface area contributed by atoms with Gasteiger partial charge >= 0.3 is 0 Å². The van der Waals surface area contributed by atoms with Crippen molar-refractivity contribution in [3.8, 4) is 0 Å². The molecule has 0 saturated carbocycles. The number of nitrogens with one attached hydrogen (secondary N) is 2. The molecule has 3 aromatic heterocycles. The number of aromatic nitrogens is 3. The predicted octanol–water partition coefficient (Wildman–Crippen LogP) is 3.20. The van der Waals surface area contributed by atoms with Gasteiger partial charge in [0.15, 0.2) is 0 Å². The van der Waals surface area contributed by atoms with E-state index in [0.29, 0.717) is 0 Å². The molecule has 0 spiro atoms. The average molecular weight is 207 g/mol. The number of pyridine rings is 1. The van der Waals surface area contributed by atoms with Crippen LogP contribution in [0.5, 0.6) is 0 Å². The Morgan fingerprint density at radius 3 is 2.81 bits per heavy atom. The first kappa shape index (κ1) is 7.93. The Labute approximate surface area is 91.1 Å². The largest absolute Gasteiger partial charge is 0.361 e. The van der Waals surface area contributed by atoms with Crippen LogP contribution in [-0.2, 0) is 0 Å². The molecule has 0 atom stereocenters. The maximum atomic E-state index is 4.41. The summed E-state index contributed by atoms with van der Waals surface area (Å²) in [6.45, 7) is 0. The number of rotatable bonds is 0. The lowest BCUT2D eigenvalue weighted by Gasteiger charge is -1.91. The molecule has 2 N–H and O–H groups in total. The molecule has 4 aromatic rings. The molecule has 0 unspecified atom stereocenters. The third-order valence-corrected chi connectivity index (χ3v) is 3.10. The van der Waals surface area contributed by atoms with Crippen LogP contribution in [0.3, 0.4) is 0 Å². The molecule has 0 aliphatic carbocycles. The first-order chi connectivity index (χ1) is 7.93. The summed E-state index contributed by atoms with van der Waals surface area (Å²) >= 11 is 0. The molecule has 0 saturated heterocycles. The van der Waals surface area contributed by atoms with Crippen molar-refractivity contribution in [3.05, 3.63) is 42.9 Å². The molecule has 4 rings (SSSR count). The lowest BCUT2D eigenvalue weighted by atomic mass is 10.2. The van der Waals surface area contributed by atoms with Crippen molar-refractivity contribution < 1.29 is 0 Å². The van der Waals surface area contributed by atoms with Crippen molar-refractivity contribution in [1.29, 1.82) is 0 Å². The molecule has 3 heterocycles. The highest BCUT2D eigenvalue weighted by molar-refractivity contribution is 6.17. The number of hydrogen-bond donors (Lipinski definition) is 2. The number of H-pyrrole nitrogens is 2. The highest BCUT2D eigenvalue weighted by Crippen LogP contribution is 2.29. The summed E-state index contributed by atoms with van der Waals surface area (Å²) in [6, 6.07) is 8.42. The smallest absolute Gasteiger partial charge is 0.138 e. The normalized spacial score (nSPS) is 11.8. The number of nitrogens with zero attached hydrogens (tertiary/aromatic N) is 1. The van der Waals surface area contributed by atoms with Crippen molar-refractivity contribution in [3.63, 3.8) is 0 Å². The maximum absolute atomic E-state index is 4.41. The molecule has 1 aromatic carbocycles. The van der Waals surface area contributed by atoms with Crippen LogP contribution < -0.4 is 0 Å². The molecular formula is C13H9N3. The Bertz CT molecular complexity index is 808. The van der Waals surface area contributed by atoms with E-state index in [1.807, 2.05) is 18.6 Å². The Morgan fingerprint density at radius 2 is 1.81 bits per heavy atom. The van der Waals surface area contributed by atoms with Gasteiger partial charge < -0.3 is 9.97 Å². The van der Waals surface area contributed by atoms with Crippen molar-refractivity contribution in [2.45, 2.75) is 0 Å². The first-order valence-electron chi connectivity index (χ1n) is 5.25. The fourth-order valence-corrected chi connectivity index (χ4v) is 2.35. The number of fused-ring (bicyclic) bond motifs is 2. The van der Waals surface area contributed by atoms with E-state index < -0.39 is 0 Å². The molecule has 16 heavy (non-hydrogen) atoms. The fourth-order valence-electron chi connectivity index (χ4n) is 2.35. The van der Waals surface area contributed by atoms with Gasteiger partial charge in [0, 0.05) is 40.3 Å². The maximum Gasteiger partial charge on any atom is 0.138 e. The summed E-state index contributed by atoms with van der Waals surface area (Å²) in [5.74, 6) is 0. The highest BCUT2D eigenvalue weighted by Gasteiger charge is 2.07. The molecule has 3 heteroatoms. The standard InChI is InChI=1S/C13H9N3/c1-2-11-9(4-6-14-11)10-7-16-13-12(10)8(1)3-5-15-13/h1-7,14H,(H,15,16). The van der Waals surface area contributed by atoms with Crippen molar-refractivity contribution in [2.24, 2.45) is 0 Å². The van der Waals surface area contributed by atoms with Gasteiger partial charge in [0.1, 0.15) is 5.65 Å². The molecule has 3 nitrogen and oxygen atoms in total. The van der Waals surface area contributed by atoms with Gasteiger partial charge in [0.25, 0.3) is 0 Å². The van der Waals surface area contributed by atoms with Gasteiger partial charge in [-0.2, -0.15) is 0 Å². The number of hydrogen-bond acceptors (Lipinski definition) is 1. The van der Waals surface area contributed by atoms with E-state index in [-0.39, 0.29) is 0 Å². The third kappa shape index (κ3) is 0.852. The highest BCUT2D eigenvalue weighted by atomic mass is 14.8. The van der Waals surface area contributed by atoms with E-state index in [2.05, 4.69) is 39.2 Å². The van der Waals surface area contributed by atoms with Crippen LogP contribution in [0.4, 0.5) is 0 Å². The summed E-state index contributed by atoms with van der Waals surface area (Å²) in [5.41, 5.74) is 2.09. The van der Waals surface area contributed by atoms with Gasteiger partial charge in [-0.25, -0.2) is 4.98 Å². The summed E-state index contributed by atoms with van der Waals surface area (Å²) in [5, 5.41) is 4.84. The predicted molar refractivity (Wildman–Crippen MR) is 65.5 cm³/mol. The molecule has 76 valence electrons. The quantitative estimate of drug-likeness (QED) is 0.457. The Morgan fingerprint density at radius 1 is 0.875 bits per heavy atom. The van der Waals surface area contributed by atoms with Gasteiger partial charge in [-0.1, -0.05) is 6.07 Å². The minimum atomic E-state index is 0.950. The zero-order chi connectivity index (χ0) is 10.5. The molecule has 0 aliphatic rings. The molecular weight excluding hydrogens is 198 g/mol. The summed E-state index contributed by atoms with van der Waals surface area (Å²) < 4.78 is 0. The molecule has 0 radical (unpaired) electrons. The van der Waals surface area contributed by atoms with Crippen molar-refractivity contribution in [2.75, 3.05) is 0 Å². The Balaban J connectivity index is 2.49. The summed E-state index contributed by atoms with van der Waals surface area (Å²) in [7, 11) is 0. The molecule has 0 bridgehead atoms. The van der Waals surface area contributed by atoms with Gasteiger partial charge in [0.2, 0.25) is 0 Å². The lowest BCUT2D eigenvalue weighted by molar-refractivity contribution is 1.33. The zero-order valence-corrected chi connectivity index (χ0v) is 8.49. The second-order valence-electron chi connectivity index (χ2n) is 3.97. The monoisotopic (exact) mass is 207 g/mol. The van der Waals surface area contributed by atoms with E-state index in [1.54, 1.807) is 0 Å². The topological polar surface area (TPSA) is 44.5 Å². The minimum Gasteiger partial charge on any atom is -0.361 e. The van der Waals surface area contributed by atoms with E-state index >= 15 is 0 Å². The van der Waals surface area contributed by atoms with E-state index in [0.717, 1.165) is 11.2 Å². The van der Waals surface area contributed by atoms with Crippen LogP contribution in [0.2, 0.25) is 0 Å². The number of aromatic amines is 2. The Hall–Kier alpha value is -2.29. The molecule has 0 fully saturated rings. The van der Waals surface area contributed by atoms with Crippen LogP contribution in [0.1, 0.15) is 0 Å². The zero-order valence-electron chi connectivity index (χ0n) is 8.49. The van der Waals surface area contributed by atoms with E-state index in [4.69, 9.17) is 0 Å². The van der Waals surface area contributed by atoms with Crippen LogP contribution in [0, 0.1) is 0 Å². The second kappa shape index (κ2) is 2.64. The van der Waals surface area contributed by atoms with Crippen LogP contribution >= 0.6 is 0 Å². The van der Waals surface area contributed by atoms with Crippen molar-refractivity contribution in [1.82, 2.24) is 15.0 Å². The molecule has 0 amide bonds. The van der Waals surface area contributed by atoms with Crippen LogP contribution in [0.25, 0.3) is 32.7 Å². The minimum absolute atomic E-state index is 0.950.